The van der Waals surface area contributed by atoms with E-state index in [2.05, 4.69) is 95.8 Å². The summed E-state index contributed by atoms with van der Waals surface area (Å²) in [5.74, 6) is 0. The largest absolute Gasteiger partial charge is 0.354 e. The monoisotopic (exact) mass is 446 g/mol. The minimum Gasteiger partial charge on any atom is -0.354 e. The molecule has 0 bridgehead atoms. The average molecular weight is 447 g/mol. The zero-order chi connectivity index (χ0) is 23.5. The van der Waals surface area contributed by atoms with E-state index in [1.165, 1.54) is 49.0 Å². The lowest BCUT2D eigenvalue weighted by molar-refractivity contribution is 0.221. The number of piperidine rings is 1. The fourth-order valence-corrected chi connectivity index (χ4v) is 4.91. The molecule has 0 radical (unpaired) electrons. The zero-order valence-electron chi connectivity index (χ0n) is 19.9. The minimum atomic E-state index is 0.545. The Labute approximate surface area is 201 Å². The van der Waals surface area contributed by atoms with Crippen molar-refractivity contribution in [3.63, 3.8) is 0 Å². The van der Waals surface area contributed by atoms with Gasteiger partial charge in [-0.1, -0.05) is 54.4 Å². The number of nitrogens with zero attached hydrogens (tertiary/aromatic N) is 3. The predicted octanol–water partition coefficient (Wildman–Crippen LogP) is 7.12. The number of fused-ring (bicyclic) bond motifs is 1. The number of aromatic nitrogens is 1. The molecule has 1 fully saturated rings. The van der Waals surface area contributed by atoms with Gasteiger partial charge in [0.25, 0.3) is 0 Å². The van der Waals surface area contributed by atoms with Crippen LogP contribution >= 0.6 is 0 Å². The Bertz CT molecular complexity index is 1380. The lowest BCUT2D eigenvalue weighted by Crippen LogP contribution is -2.29. The second kappa shape index (κ2) is 9.67. The van der Waals surface area contributed by atoms with Gasteiger partial charge >= 0.3 is 0 Å². The summed E-state index contributed by atoms with van der Waals surface area (Å²) >= 11 is 0. The van der Waals surface area contributed by atoms with Gasteiger partial charge < -0.3 is 5.32 Å². The van der Waals surface area contributed by atoms with E-state index in [1.54, 1.807) is 6.20 Å². The molecular formula is C30H30N4. The van der Waals surface area contributed by atoms with Crippen LogP contribution in [0.2, 0.25) is 0 Å². The maximum atomic E-state index is 9.73. The number of benzene rings is 3. The number of rotatable bonds is 5. The van der Waals surface area contributed by atoms with Crippen LogP contribution in [-0.2, 0) is 6.54 Å². The highest BCUT2D eigenvalue weighted by Crippen LogP contribution is 2.33. The SMILES string of the molecule is Cc1ccc(Nc2c(C#N)cnc3cc(-c4cccc(CN5CCCCC5)c4)ccc23)c(C)c1. The molecule has 2 heterocycles. The molecule has 170 valence electrons. The highest BCUT2D eigenvalue weighted by molar-refractivity contribution is 5.97. The molecule has 4 heteroatoms. The van der Waals surface area contributed by atoms with Crippen molar-refractivity contribution in [1.82, 2.24) is 9.88 Å². The molecule has 0 spiro atoms. The van der Waals surface area contributed by atoms with Gasteiger partial charge in [-0.05, 0) is 80.2 Å². The Kier molecular flexibility index (Phi) is 6.29. The highest BCUT2D eigenvalue weighted by Gasteiger charge is 2.13. The maximum Gasteiger partial charge on any atom is 0.103 e. The van der Waals surface area contributed by atoms with Crippen LogP contribution < -0.4 is 5.32 Å². The molecule has 5 rings (SSSR count). The van der Waals surface area contributed by atoms with Crippen LogP contribution in [0.15, 0.2) is 66.9 Å². The molecule has 3 aromatic carbocycles. The Hall–Kier alpha value is -3.68. The zero-order valence-corrected chi connectivity index (χ0v) is 19.9. The summed E-state index contributed by atoms with van der Waals surface area (Å²) in [5.41, 5.74) is 9.30. The van der Waals surface area contributed by atoms with E-state index < -0.39 is 0 Å². The highest BCUT2D eigenvalue weighted by atomic mass is 15.1. The molecule has 4 nitrogen and oxygen atoms in total. The molecule has 0 aliphatic carbocycles. The van der Waals surface area contributed by atoms with Crippen LogP contribution in [0.5, 0.6) is 0 Å². The van der Waals surface area contributed by atoms with Crippen molar-refractivity contribution in [3.8, 4) is 17.2 Å². The van der Waals surface area contributed by atoms with Crippen LogP contribution in [0.3, 0.4) is 0 Å². The predicted molar refractivity (Wildman–Crippen MR) is 140 cm³/mol. The first kappa shape index (κ1) is 22.1. The molecule has 0 atom stereocenters. The van der Waals surface area contributed by atoms with Crippen LogP contribution in [0.1, 0.15) is 41.5 Å². The van der Waals surface area contributed by atoms with Gasteiger partial charge in [-0.25, -0.2) is 0 Å². The summed E-state index contributed by atoms with van der Waals surface area (Å²) in [7, 11) is 0. The molecule has 0 unspecified atom stereocenters. The number of aryl methyl sites for hydroxylation is 2. The van der Waals surface area contributed by atoms with E-state index in [-0.39, 0.29) is 0 Å². The third kappa shape index (κ3) is 4.66. The van der Waals surface area contributed by atoms with E-state index in [9.17, 15) is 5.26 Å². The lowest BCUT2D eigenvalue weighted by Gasteiger charge is -2.26. The van der Waals surface area contributed by atoms with Crippen LogP contribution in [0.25, 0.3) is 22.0 Å². The third-order valence-electron chi connectivity index (χ3n) is 6.75. The number of pyridine rings is 1. The first-order valence-electron chi connectivity index (χ1n) is 12.1. The number of hydrogen-bond acceptors (Lipinski definition) is 4. The van der Waals surface area contributed by atoms with Crippen LogP contribution in [0, 0.1) is 25.2 Å². The van der Waals surface area contributed by atoms with E-state index in [1.807, 2.05) is 0 Å². The van der Waals surface area contributed by atoms with Gasteiger partial charge in [0, 0.05) is 23.8 Å². The first-order valence-corrected chi connectivity index (χ1v) is 12.1. The molecule has 1 saturated heterocycles. The van der Waals surface area contributed by atoms with Crippen molar-refractivity contribution in [3.05, 3.63) is 89.1 Å². The van der Waals surface area contributed by atoms with Crippen molar-refractivity contribution >= 4 is 22.3 Å². The molecule has 1 aliphatic heterocycles. The van der Waals surface area contributed by atoms with Crippen molar-refractivity contribution in [2.45, 2.75) is 39.7 Å². The Morgan fingerprint density at radius 3 is 2.56 bits per heavy atom. The van der Waals surface area contributed by atoms with E-state index in [0.29, 0.717) is 5.56 Å². The summed E-state index contributed by atoms with van der Waals surface area (Å²) in [6.07, 6.45) is 5.64. The summed E-state index contributed by atoms with van der Waals surface area (Å²) in [4.78, 5) is 7.18. The number of nitrogens with one attached hydrogen (secondary N) is 1. The van der Waals surface area contributed by atoms with Crippen LogP contribution in [-0.4, -0.2) is 23.0 Å². The Balaban J connectivity index is 1.48. The normalized spacial score (nSPS) is 14.1. The second-order valence-corrected chi connectivity index (χ2v) is 9.37. The van der Waals surface area contributed by atoms with E-state index in [4.69, 9.17) is 0 Å². The molecule has 1 aromatic heterocycles. The number of nitriles is 1. The van der Waals surface area contributed by atoms with Gasteiger partial charge in [0.15, 0.2) is 0 Å². The molecule has 1 aliphatic rings. The fourth-order valence-electron chi connectivity index (χ4n) is 4.91. The van der Waals surface area contributed by atoms with Gasteiger partial charge in [-0.2, -0.15) is 5.26 Å². The van der Waals surface area contributed by atoms with E-state index >= 15 is 0 Å². The standard InChI is InChI=1S/C30H30N4/c1-21-9-12-28(22(2)15-21)33-30-26(18-31)19-32-29-17-25(10-11-27(29)30)24-8-6-7-23(16-24)20-34-13-4-3-5-14-34/h6-12,15-17,19H,3-5,13-14,20H2,1-2H3,(H,32,33). The molecule has 0 saturated carbocycles. The van der Waals surface area contributed by atoms with Crippen molar-refractivity contribution in [2.24, 2.45) is 0 Å². The number of hydrogen-bond donors (Lipinski definition) is 1. The second-order valence-electron chi connectivity index (χ2n) is 9.37. The summed E-state index contributed by atoms with van der Waals surface area (Å²) in [6, 6.07) is 23.8. The van der Waals surface area contributed by atoms with Crippen LogP contribution in [0.4, 0.5) is 11.4 Å². The molecule has 4 aromatic rings. The minimum absolute atomic E-state index is 0.545. The van der Waals surface area contributed by atoms with Gasteiger partial charge in [-0.3, -0.25) is 9.88 Å². The molecule has 34 heavy (non-hydrogen) atoms. The average Bonchev–Trinajstić information content (AvgIpc) is 2.86. The van der Waals surface area contributed by atoms with Crippen molar-refractivity contribution in [2.75, 3.05) is 18.4 Å². The summed E-state index contributed by atoms with van der Waals surface area (Å²) in [6.45, 7) is 7.57. The number of anilines is 2. The molecule has 1 N–H and O–H groups in total. The van der Waals surface area contributed by atoms with Gasteiger partial charge in [-0.15, -0.1) is 0 Å². The first-order chi connectivity index (χ1) is 16.6. The third-order valence-corrected chi connectivity index (χ3v) is 6.75. The van der Waals surface area contributed by atoms with Crippen molar-refractivity contribution < 1.29 is 0 Å². The number of likely N-dealkylation sites (tertiary alicyclic amines) is 1. The van der Waals surface area contributed by atoms with Crippen molar-refractivity contribution in [1.29, 1.82) is 5.26 Å². The van der Waals surface area contributed by atoms with Gasteiger partial charge in [0.1, 0.15) is 6.07 Å². The summed E-state index contributed by atoms with van der Waals surface area (Å²) in [5, 5.41) is 14.2. The lowest BCUT2D eigenvalue weighted by atomic mass is 9.99. The fraction of sp³-hybridized carbons (Fsp3) is 0.267. The quantitative estimate of drug-likeness (QED) is 0.355. The molecule has 0 amide bonds. The van der Waals surface area contributed by atoms with Gasteiger partial charge in [0.2, 0.25) is 0 Å². The maximum absolute atomic E-state index is 9.73. The Morgan fingerprint density at radius 1 is 0.941 bits per heavy atom. The summed E-state index contributed by atoms with van der Waals surface area (Å²) < 4.78 is 0. The Morgan fingerprint density at radius 2 is 1.76 bits per heavy atom. The smallest absolute Gasteiger partial charge is 0.103 e. The van der Waals surface area contributed by atoms with Gasteiger partial charge in [0.05, 0.1) is 16.8 Å². The molecular weight excluding hydrogens is 416 g/mol. The van der Waals surface area contributed by atoms with E-state index in [0.717, 1.165) is 39.9 Å². The topological polar surface area (TPSA) is 52.0 Å².